The van der Waals surface area contributed by atoms with Gasteiger partial charge in [-0.2, -0.15) is 84.9 Å². The lowest BCUT2D eigenvalue weighted by atomic mass is 9.87. The molecule has 0 spiro atoms. The summed E-state index contributed by atoms with van der Waals surface area (Å²) in [6.45, 7) is -0.399. The van der Waals surface area contributed by atoms with E-state index in [-0.39, 0.29) is 17.8 Å². The second-order valence-electron chi connectivity index (χ2n) is 9.03. The number of likely N-dealkylation sites (N-methyl/N-ethyl adjacent to an activating group) is 1. The fourth-order valence-electron chi connectivity index (χ4n) is 3.27. The topological polar surface area (TPSA) is 65.3 Å². The van der Waals surface area contributed by atoms with Gasteiger partial charge in [0.05, 0.1) is 11.4 Å². The first-order valence-corrected chi connectivity index (χ1v) is 11.3. The number of hydrogen-bond donors (Lipinski definition) is 1. The smallest absolute Gasteiger partial charge is 0.460 e. The summed E-state index contributed by atoms with van der Waals surface area (Å²) in [4.78, 5) is 12.0. The van der Waals surface area contributed by atoms with E-state index in [1.807, 2.05) is 0 Å². The number of carboxylic acid groups (broad SMARTS) is 1. The van der Waals surface area contributed by atoms with Crippen molar-refractivity contribution in [2.24, 2.45) is 10.2 Å². The van der Waals surface area contributed by atoms with Crippen LogP contribution in [0.1, 0.15) is 5.56 Å². The summed E-state index contributed by atoms with van der Waals surface area (Å²) < 4.78 is 229. The Balaban J connectivity index is 2.40. The van der Waals surface area contributed by atoms with Crippen molar-refractivity contribution in [1.29, 1.82) is 0 Å². The summed E-state index contributed by atoms with van der Waals surface area (Å²) in [7, 11) is 1.41. The highest BCUT2D eigenvalue weighted by Gasteiger charge is 2.95. The highest BCUT2D eigenvalue weighted by Crippen LogP contribution is 2.65. The maximum Gasteiger partial charge on any atom is 0.460 e. The van der Waals surface area contributed by atoms with E-state index >= 15 is 0 Å². The van der Waals surface area contributed by atoms with Gasteiger partial charge in [-0.1, -0.05) is 12.1 Å². The van der Waals surface area contributed by atoms with Crippen LogP contribution < -0.4 is 4.90 Å². The van der Waals surface area contributed by atoms with Gasteiger partial charge < -0.3 is 10.0 Å². The maximum absolute atomic E-state index is 14.4. The highest BCUT2D eigenvalue weighted by atomic mass is 19.4. The molecule has 2 aromatic carbocycles. The van der Waals surface area contributed by atoms with E-state index in [0.29, 0.717) is 17.8 Å². The van der Waals surface area contributed by atoms with Gasteiger partial charge in [-0.15, -0.1) is 0 Å². The third-order valence-electron chi connectivity index (χ3n) is 5.90. The zero-order valence-electron chi connectivity index (χ0n) is 21.4. The Morgan fingerprint density at radius 1 is 0.578 bits per heavy atom. The minimum atomic E-state index is -8.70. The zero-order chi connectivity index (χ0) is 35.2. The van der Waals surface area contributed by atoms with E-state index in [9.17, 15) is 79.4 Å². The molecular weight excluding hydrogens is 673 g/mol. The Labute approximate surface area is 238 Å². The van der Waals surface area contributed by atoms with Gasteiger partial charge >= 0.3 is 53.6 Å². The molecule has 0 amide bonds. The van der Waals surface area contributed by atoms with Crippen molar-refractivity contribution in [3.05, 3.63) is 54.1 Å². The summed E-state index contributed by atoms with van der Waals surface area (Å²) in [6.07, 6.45) is -7.82. The van der Waals surface area contributed by atoms with Crippen molar-refractivity contribution in [2.75, 3.05) is 18.5 Å². The summed E-state index contributed by atoms with van der Waals surface area (Å²) in [6, 6.07) is 5.45. The Hall–Kier alpha value is -3.88. The summed E-state index contributed by atoms with van der Waals surface area (Å²) in [5.41, 5.74) is -2.51. The number of alkyl halides is 17. The van der Waals surface area contributed by atoms with Crippen LogP contribution in [0.3, 0.4) is 0 Å². The normalized spacial score (nSPS) is 14.6. The number of azo groups is 1. The van der Waals surface area contributed by atoms with E-state index in [1.54, 1.807) is 0 Å². The summed E-state index contributed by atoms with van der Waals surface area (Å²) in [5.74, 6) is -58.2. The number of nitrogens with zero attached hydrogens (tertiary/aromatic N) is 3. The van der Waals surface area contributed by atoms with Crippen molar-refractivity contribution in [3.63, 3.8) is 0 Å². The van der Waals surface area contributed by atoms with Crippen molar-refractivity contribution in [1.82, 2.24) is 0 Å². The predicted octanol–water partition coefficient (Wildman–Crippen LogP) is 9.09. The van der Waals surface area contributed by atoms with Crippen molar-refractivity contribution >= 4 is 23.0 Å². The molecule has 45 heavy (non-hydrogen) atoms. The largest absolute Gasteiger partial charge is 0.480 e. The van der Waals surface area contributed by atoms with Gasteiger partial charge in [0.15, 0.2) is 0 Å². The Kier molecular flexibility index (Phi) is 9.52. The van der Waals surface area contributed by atoms with Crippen molar-refractivity contribution < 1.29 is 84.5 Å². The number of rotatable bonds is 12. The summed E-state index contributed by atoms with van der Waals surface area (Å²) in [5, 5.41) is 15.8. The van der Waals surface area contributed by atoms with Crippen LogP contribution in [-0.2, 0) is 10.7 Å². The van der Waals surface area contributed by atoms with Crippen LogP contribution in [0.25, 0.3) is 0 Å². The fraction of sp³-hybridized carbons (Fsp3) is 0.435. The molecule has 2 aromatic rings. The van der Waals surface area contributed by atoms with Gasteiger partial charge in [-0.3, -0.25) is 4.79 Å². The first kappa shape index (κ1) is 37.3. The Morgan fingerprint density at radius 3 is 1.27 bits per heavy atom. The first-order chi connectivity index (χ1) is 20.0. The number of carboxylic acids is 1. The molecule has 0 saturated heterocycles. The molecule has 0 aliphatic carbocycles. The molecule has 0 bridgehead atoms. The van der Waals surface area contributed by atoms with Crippen LogP contribution in [0.4, 0.5) is 91.7 Å². The van der Waals surface area contributed by atoms with E-state index < -0.39 is 71.4 Å². The van der Waals surface area contributed by atoms with Crippen LogP contribution in [0, 0.1) is 0 Å². The molecule has 0 heterocycles. The molecule has 0 saturated carbocycles. The molecule has 1 N–H and O–H groups in total. The van der Waals surface area contributed by atoms with E-state index in [0.717, 1.165) is 0 Å². The lowest BCUT2D eigenvalue weighted by molar-refractivity contribution is -0.462. The molecule has 0 aromatic heterocycles. The quantitative estimate of drug-likeness (QED) is 0.179. The SMILES string of the molecule is CN(CC(=O)O)c1ccc(N=Nc2ccc(C(F)(F)C(F)(F)C(F)(F)C(F)(F)C(F)(F)C(F)(F)C(F)(F)C(F)(F)F)cc2)cc1. The van der Waals surface area contributed by atoms with E-state index in [4.69, 9.17) is 5.11 Å². The number of anilines is 1. The van der Waals surface area contributed by atoms with E-state index in [2.05, 4.69) is 10.2 Å². The van der Waals surface area contributed by atoms with Crippen LogP contribution in [0.2, 0.25) is 0 Å². The Bertz CT molecular complexity index is 1390. The van der Waals surface area contributed by atoms with E-state index in [1.165, 1.54) is 36.2 Å². The first-order valence-electron chi connectivity index (χ1n) is 11.3. The highest BCUT2D eigenvalue weighted by molar-refractivity contribution is 5.73. The van der Waals surface area contributed by atoms with Gasteiger partial charge in [-0.25, -0.2) is 0 Å². The van der Waals surface area contributed by atoms with Gasteiger partial charge in [0.1, 0.15) is 6.54 Å². The van der Waals surface area contributed by atoms with Crippen molar-refractivity contribution in [3.8, 4) is 0 Å². The fourth-order valence-corrected chi connectivity index (χ4v) is 3.27. The molecule has 5 nitrogen and oxygen atoms in total. The summed E-state index contributed by atoms with van der Waals surface area (Å²) >= 11 is 0. The molecule has 0 aliphatic heterocycles. The third kappa shape index (κ3) is 6.06. The average Bonchev–Trinajstić information content (AvgIpc) is 2.90. The van der Waals surface area contributed by atoms with Gasteiger partial charge in [0, 0.05) is 18.3 Å². The van der Waals surface area contributed by atoms with Crippen LogP contribution in [0.15, 0.2) is 58.8 Å². The molecule has 0 unspecified atom stereocenters. The molecule has 0 radical (unpaired) electrons. The second kappa shape index (κ2) is 11.5. The lowest BCUT2D eigenvalue weighted by Crippen LogP contribution is -2.74. The maximum atomic E-state index is 14.4. The monoisotopic (exact) mass is 687 g/mol. The minimum Gasteiger partial charge on any atom is -0.480 e. The van der Waals surface area contributed by atoms with Crippen molar-refractivity contribution in [2.45, 2.75) is 47.6 Å². The van der Waals surface area contributed by atoms with Crippen LogP contribution in [-0.4, -0.2) is 66.4 Å². The standard InChI is InChI=1S/C23H14F17N3O2/c1-43(10-15(44)45)14-8-6-13(7-9-14)42-41-12-4-2-11(3-5-12)16(24,25)17(26,27)18(28,29)19(30,31)20(32,33)21(34,35)22(36,37)23(38,39)40/h2-9H,10H2,1H3,(H,44,45). The zero-order valence-corrected chi connectivity index (χ0v) is 21.4. The minimum absolute atomic E-state index is 0.0131. The molecule has 0 fully saturated rings. The second-order valence-corrected chi connectivity index (χ2v) is 9.03. The van der Waals surface area contributed by atoms with Gasteiger partial charge in [-0.05, 0) is 36.4 Å². The number of benzene rings is 2. The molecule has 22 heteroatoms. The number of carbonyl (C=O) groups is 1. The Morgan fingerprint density at radius 2 is 0.911 bits per heavy atom. The number of halogens is 17. The van der Waals surface area contributed by atoms with Crippen LogP contribution >= 0.6 is 0 Å². The number of aliphatic carboxylic acids is 1. The average molecular weight is 687 g/mol. The molecule has 252 valence electrons. The molecular formula is C23H14F17N3O2. The molecule has 2 rings (SSSR count). The van der Waals surface area contributed by atoms with Crippen LogP contribution in [0.5, 0.6) is 0 Å². The lowest BCUT2D eigenvalue weighted by Gasteiger charge is -2.42. The molecule has 0 atom stereocenters. The molecule has 0 aliphatic rings. The van der Waals surface area contributed by atoms with Gasteiger partial charge in [0.25, 0.3) is 0 Å². The third-order valence-corrected chi connectivity index (χ3v) is 5.90. The number of hydrogen-bond acceptors (Lipinski definition) is 4. The predicted molar refractivity (Wildman–Crippen MR) is 118 cm³/mol. The van der Waals surface area contributed by atoms with Gasteiger partial charge in [0.2, 0.25) is 0 Å².